The van der Waals surface area contributed by atoms with Gasteiger partial charge in [-0.3, -0.25) is 10.1 Å². The van der Waals surface area contributed by atoms with Crippen LogP contribution in [0.3, 0.4) is 0 Å². The molecule has 1 N–H and O–H groups in total. The van der Waals surface area contributed by atoms with E-state index >= 15 is 0 Å². The zero-order valence-electron chi connectivity index (χ0n) is 9.02. The van der Waals surface area contributed by atoms with E-state index in [1.54, 1.807) is 11.3 Å². The lowest BCUT2D eigenvalue weighted by atomic mass is 10.2. The first-order valence-electron chi connectivity index (χ1n) is 4.97. The van der Waals surface area contributed by atoms with Gasteiger partial charge >= 0.3 is 0 Å². The highest BCUT2D eigenvalue weighted by molar-refractivity contribution is 9.10. The van der Waals surface area contributed by atoms with Crippen LogP contribution in [-0.4, -0.2) is 4.92 Å². The molecular weight excluding hydrogens is 340 g/mol. The molecule has 7 heteroatoms. The van der Waals surface area contributed by atoms with E-state index in [4.69, 9.17) is 11.6 Å². The predicted molar refractivity (Wildman–Crippen MR) is 77.5 cm³/mol. The molecule has 0 aliphatic carbocycles. The van der Waals surface area contributed by atoms with Crippen LogP contribution in [0.4, 0.5) is 11.4 Å². The number of non-ortho nitro benzene ring substituents is 1. The molecule has 0 fully saturated rings. The Hall–Kier alpha value is -1.11. The Labute approximate surface area is 121 Å². The van der Waals surface area contributed by atoms with E-state index in [9.17, 15) is 10.1 Å². The number of hydrogen-bond donors (Lipinski definition) is 1. The Morgan fingerprint density at radius 1 is 1.44 bits per heavy atom. The van der Waals surface area contributed by atoms with Crippen molar-refractivity contribution >= 4 is 50.2 Å². The average molecular weight is 348 g/mol. The summed E-state index contributed by atoms with van der Waals surface area (Å²) >= 11 is 11.0. The average Bonchev–Trinajstić information content (AvgIpc) is 2.73. The van der Waals surface area contributed by atoms with Crippen LogP contribution in [0.25, 0.3) is 0 Å². The summed E-state index contributed by atoms with van der Waals surface area (Å²) in [6.45, 7) is 0.569. The van der Waals surface area contributed by atoms with Gasteiger partial charge in [-0.2, -0.15) is 0 Å². The van der Waals surface area contributed by atoms with Crippen LogP contribution >= 0.6 is 38.9 Å². The number of anilines is 1. The second-order valence-electron chi connectivity index (χ2n) is 3.47. The molecule has 0 spiro atoms. The lowest BCUT2D eigenvalue weighted by molar-refractivity contribution is -0.384. The van der Waals surface area contributed by atoms with Crippen molar-refractivity contribution in [2.24, 2.45) is 0 Å². The van der Waals surface area contributed by atoms with E-state index < -0.39 is 4.92 Å². The SMILES string of the molecule is O=[N+]([O-])c1ccc(Cl)c(NCc2sccc2Br)c1. The maximum Gasteiger partial charge on any atom is 0.271 e. The molecule has 0 radical (unpaired) electrons. The van der Waals surface area contributed by atoms with Crippen molar-refractivity contribution in [3.8, 4) is 0 Å². The van der Waals surface area contributed by atoms with Gasteiger partial charge in [0.1, 0.15) is 0 Å². The molecular formula is C11H8BrClN2O2S. The summed E-state index contributed by atoms with van der Waals surface area (Å²) in [7, 11) is 0. The minimum atomic E-state index is -0.442. The van der Waals surface area contributed by atoms with Crippen LogP contribution in [0.2, 0.25) is 5.02 Å². The molecule has 4 nitrogen and oxygen atoms in total. The predicted octanol–water partition coefficient (Wildman–Crippen LogP) is 4.68. The Balaban J connectivity index is 2.16. The van der Waals surface area contributed by atoms with Gasteiger partial charge in [0.25, 0.3) is 5.69 Å². The summed E-state index contributed by atoms with van der Waals surface area (Å²) in [6, 6.07) is 6.29. The minimum Gasteiger partial charge on any atom is -0.379 e. The van der Waals surface area contributed by atoms with Gasteiger partial charge in [0.15, 0.2) is 0 Å². The Kier molecular flexibility index (Phi) is 4.21. The number of nitrogens with one attached hydrogen (secondary N) is 1. The number of thiophene rings is 1. The molecule has 1 heterocycles. The second kappa shape index (κ2) is 5.69. The molecule has 0 atom stereocenters. The molecule has 1 aromatic carbocycles. The van der Waals surface area contributed by atoms with Gasteiger partial charge in [0.2, 0.25) is 0 Å². The molecule has 0 bridgehead atoms. The fourth-order valence-corrected chi connectivity index (χ4v) is 3.01. The number of halogens is 2. The molecule has 1 aromatic heterocycles. The van der Waals surface area contributed by atoms with E-state index in [0.29, 0.717) is 17.3 Å². The van der Waals surface area contributed by atoms with Gasteiger partial charge in [-0.25, -0.2) is 0 Å². The molecule has 0 saturated carbocycles. The fourth-order valence-electron chi connectivity index (χ4n) is 1.39. The van der Waals surface area contributed by atoms with Crippen molar-refractivity contribution in [3.05, 3.63) is 54.1 Å². The van der Waals surface area contributed by atoms with E-state index in [-0.39, 0.29) is 5.69 Å². The summed E-state index contributed by atoms with van der Waals surface area (Å²) in [5, 5.41) is 16.2. The monoisotopic (exact) mass is 346 g/mol. The zero-order valence-corrected chi connectivity index (χ0v) is 12.2. The van der Waals surface area contributed by atoms with Crippen molar-refractivity contribution in [3.63, 3.8) is 0 Å². The first-order valence-corrected chi connectivity index (χ1v) is 7.02. The molecule has 0 aliphatic heterocycles. The van der Waals surface area contributed by atoms with E-state index in [2.05, 4.69) is 21.2 Å². The molecule has 2 rings (SSSR count). The van der Waals surface area contributed by atoms with Crippen molar-refractivity contribution in [2.75, 3.05) is 5.32 Å². The van der Waals surface area contributed by atoms with Gasteiger partial charge in [0.05, 0.1) is 22.2 Å². The minimum absolute atomic E-state index is 0.0205. The van der Waals surface area contributed by atoms with Gasteiger partial charge in [-0.05, 0) is 33.4 Å². The standard InChI is InChI=1S/C11H8BrClN2O2S/c12-8-3-4-18-11(8)6-14-10-5-7(15(16)17)1-2-9(10)13/h1-5,14H,6H2. The van der Waals surface area contributed by atoms with E-state index in [1.165, 1.54) is 18.2 Å². The summed E-state index contributed by atoms with van der Waals surface area (Å²) in [6.07, 6.45) is 0. The van der Waals surface area contributed by atoms with E-state index in [1.807, 2.05) is 11.4 Å². The highest BCUT2D eigenvalue weighted by atomic mass is 79.9. The number of nitrogens with zero attached hydrogens (tertiary/aromatic N) is 1. The summed E-state index contributed by atoms with van der Waals surface area (Å²) < 4.78 is 1.02. The topological polar surface area (TPSA) is 55.2 Å². The van der Waals surface area contributed by atoms with Crippen molar-refractivity contribution in [2.45, 2.75) is 6.54 Å². The third-order valence-electron chi connectivity index (χ3n) is 2.29. The lowest BCUT2D eigenvalue weighted by Gasteiger charge is -2.07. The van der Waals surface area contributed by atoms with Crippen LogP contribution < -0.4 is 5.32 Å². The highest BCUT2D eigenvalue weighted by Crippen LogP contribution is 2.29. The first-order chi connectivity index (χ1) is 8.58. The third kappa shape index (κ3) is 3.01. The van der Waals surface area contributed by atoms with E-state index in [0.717, 1.165) is 9.35 Å². The highest BCUT2D eigenvalue weighted by Gasteiger charge is 2.10. The van der Waals surface area contributed by atoms with Gasteiger partial charge in [0, 0.05) is 21.5 Å². The maximum atomic E-state index is 10.7. The van der Waals surface area contributed by atoms with Crippen molar-refractivity contribution in [1.29, 1.82) is 0 Å². The summed E-state index contributed by atoms with van der Waals surface area (Å²) in [5.41, 5.74) is 0.582. The molecule has 0 aliphatic rings. The van der Waals surface area contributed by atoms with Crippen LogP contribution in [0.5, 0.6) is 0 Å². The smallest absolute Gasteiger partial charge is 0.271 e. The Bertz CT molecular complexity index is 588. The number of nitro groups is 1. The zero-order chi connectivity index (χ0) is 13.1. The third-order valence-corrected chi connectivity index (χ3v) is 4.55. The molecule has 0 unspecified atom stereocenters. The molecule has 0 amide bonds. The van der Waals surface area contributed by atoms with Crippen LogP contribution in [0.15, 0.2) is 34.1 Å². The first kappa shape index (κ1) is 13.3. The van der Waals surface area contributed by atoms with Gasteiger partial charge in [-0.1, -0.05) is 11.6 Å². The molecule has 2 aromatic rings. The fraction of sp³-hybridized carbons (Fsp3) is 0.0909. The molecule has 18 heavy (non-hydrogen) atoms. The second-order valence-corrected chi connectivity index (χ2v) is 5.73. The maximum absolute atomic E-state index is 10.7. The van der Waals surface area contributed by atoms with Crippen LogP contribution in [-0.2, 0) is 6.54 Å². The summed E-state index contributed by atoms with van der Waals surface area (Å²) in [5.74, 6) is 0. The Morgan fingerprint density at radius 3 is 2.83 bits per heavy atom. The largest absolute Gasteiger partial charge is 0.379 e. The number of benzene rings is 1. The summed E-state index contributed by atoms with van der Waals surface area (Å²) in [4.78, 5) is 11.3. The Morgan fingerprint density at radius 2 is 2.22 bits per heavy atom. The quantitative estimate of drug-likeness (QED) is 0.645. The molecule has 0 saturated heterocycles. The van der Waals surface area contributed by atoms with Crippen LogP contribution in [0, 0.1) is 10.1 Å². The van der Waals surface area contributed by atoms with Crippen LogP contribution in [0.1, 0.15) is 4.88 Å². The molecule has 94 valence electrons. The lowest BCUT2D eigenvalue weighted by Crippen LogP contribution is -1.99. The normalized spacial score (nSPS) is 10.3. The van der Waals surface area contributed by atoms with Crippen molar-refractivity contribution in [1.82, 2.24) is 0 Å². The number of nitro benzene ring substituents is 1. The van der Waals surface area contributed by atoms with Gasteiger partial charge in [-0.15, -0.1) is 11.3 Å². The number of rotatable bonds is 4. The van der Waals surface area contributed by atoms with Gasteiger partial charge < -0.3 is 5.32 Å². The van der Waals surface area contributed by atoms with Crippen molar-refractivity contribution < 1.29 is 4.92 Å². The number of hydrogen-bond acceptors (Lipinski definition) is 4.